The SMILES string of the molecule is C=C(CCC)C1=C(C)C=C2CC(=CC3=CC=C(c4ccccc4C(=C)C)C3)C(=C)C2C1c1cc(CC)ccc1CC. The molecule has 0 spiro atoms. The summed E-state index contributed by atoms with van der Waals surface area (Å²) in [6.07, 6.45) is 15.7. The van der Waals surface area contributed by atoms with Gasteiger partial charge in [0.25, 0.3) is 0 Å². The van der Waals surface area contributed by atoms with E-state index in [1.165, 1.54) is 72.4 Å². The van der Waals surface area contributed by atoms with E-state index in [4.69, 9.17) is 6.58 Å². The predicted molar refractivity (Wildman–Crippen MR) is 180 cm³/mol. The molecule has 3 aliphatic carbocycles. The van der Waals surface area contributed by atoms with E-state index >= 15 is 0 Å². The van der Waals surface area contributed by atoms with Crippen molar-refractivity contribution in [2.24, 2.45) is 5.92 Å². The molecule has 0 amide bonds. The Hall–Kier alpha value is -3.64. The van der Waals surface area contributed by atoms with Gasteiger partial charge in [0.1, 0.15) is 0 Å². The fourth-order valence-corrected chi connectivity index (χ4v) is 7.27. The van der Waals surface area contributed by atoms with Crippen LogP contribution in [0.5, 0.6) is 0 Å². The summed E-state index contributed by atoms with van der Waals surface area (Å²) in [5, 5.41) is 0. The lowest BCUT2D eigenvalue weighted by atomic mass is 9.68. The summed E-state index contributed by atoms with van der Waals surface area (Å²) in [5.74, 6) is 0.576. The van der Waals surface area contributed by atoms with E-state index in [0.29, 0.717) is 5.92 Å². The van der Waals surface area contributed by atoms with Crippen molar-refractivity contribution in [3.05, 3.63) is 153 Å². The molecule has 0 aliphatic heterocycles. The zero-order valence-electron chi connectivity index (χ0n) is 25.9. The van der Waals surface area contributed by atoms with Crippen molar-refractivity contribution in [1.29, 1.82) is 0 Å². The Bertz CT molecular complexity index is 1570. The predicted octanol–water partition coefficient (Wildman–Crippen LogP) is 11.5. The Morgan fingerprint density at radius 2 is 1.73 bits per heavy atom. The van der Waals surface area contributed by atoms with Crippen LogP contribution in [0, 0.1) is 5.92 Å². The summed E-state index contributed by atoms with van der Waals surface area (Å²) in [7, 11) is 0. The van der Waals surface area contributed by atoms with Crippen LogP contribution in [0.15, 0.2) is 126 Å². The van der Waals surface area contributed by atoms with Crippen LogP contribution in [0.3, 0.4) is 0 Å². The highest BCUT2D eigenvalue weighted by Crippen LogP contribution is 2.55. The van der Waals surface area contributed by atoms with Crippen molar-refractivity contribution in [3.63, 3.8) is 0 Å². The fraction of sp³-hybridized carbons (Fsp3) is 0.317. The van der Waals surface area contributed by atoms with Crippen LogP contribution >= 0.6 is 0 Å². The number of hydrogen-bond acceptors (Lipinski definition) is 0. The largest absolute Gasteiger partial charge is 0.0955 e. The van der Waals surface area contributed by atoms with Crippen molar-refractivity contribution in [2.45, 2.75) is 79.1 Å². The molecule has 0 bridgehead atoms. The van der Waals surface area contributed by atoms with E-state index in [-0.39, 0.29) is 5.92 Å². The third-order valence-electron chi connectivity index (χ3n) is 9.31. The Morgan fingerprint density at radius 1 is 0.951 bits per heavy atom. The molecule has 0 heterocycles. The highest BCUT2D eigenvalue weighted by Gasteiger charge is 2.41. The quantitative estimate of drug-likeness (QED) is 0.298. The molecule has 5 rings (SSSR count). The monoisotopic (exact) mass is 538 g/mol. The Kier molecular flexibility index (Phi) is 8.50. The third-order valence-corrected chi connectivity index (χ3v) is 9.31. The molecule has 210 valence electrons. The Balaban J connectivity index is 1.51. The van der Waals surface area contributed by atoms with Gasteiger partial charge in [-0.3, -0.25) is 0 Å². The summed E-state index contributed by atoms with van der Waals surface area (Å²) in [5.41, 5.74) is 19.1. The number of rotatable bonds is 9. The first-order valence-corrected chi connectivity index (χ1v) is 15.5. The third kappa shape index (κ3) is 5.50. The molecule has 2 aromatic carbocycles. The van der Waals surface area contributed by atoms with Gasteiger partial charge in [-0.2, -0.15) is 0 Å². The topological polar surface area (TPSA) is 0 Å². The molecule has 0 nitrogen and oxygen atoms in total. The number of hydrogen-bond donors (Lipinski definition) is 0. The van der Waals surface area contributed by atoms with Gasteiger partial charge in [-0.05, 0) is 107 Å². The minimum atomic E-state index is 0.280. The molecular weight excluding hydrogens is 492 g/mol. The van der Waals surface area contributed by atoms with Gasteiger partial charge in [-0.1, -0.05) is 130 Å². The fourth-order valence-electron chi connectivity index (χ4n) is 7.27. The van der Waals surface area contributed by atoms with E-state index in [2.05, 4.69) is 115 Å². The lowest BCUT2D eigenvalue weighted by molar-refractivity contribution is 0.613. The Morgan fingerprint density at radius 3 is 2.44 bits per heavy atom. The summed E-state index contributed by atoms with van der Waals surface area (Å²) in [4.78, 5) is 0. The lowest BCUT2D eigenvalue weighted by Gasteiger charge is -2.36. The van der Waals surface area contributed by atoms with E-state index in [1.807, 2.05) is 0 Å². The van der Waals surface area contributed by atoms with Crippen LogP contribution in [-0.2, 0) is 12.8 Å². The molecular formula is C41H46. The second-order valence-electron chi connectivity index (χ2n) is 12.2. The van der Waals surface area contributed by atoms with Gasteiger partial charge in [0.2, 0.25) is 0 Å². The number of allylic oxidation sites excluding steroid dienone is 13. The molecule has 1 fully saturated rings. The summed E-state index contributed by atoms with van der Waals surface area (Å²) < 4.78 is 0. The zero-order chi connectivity index (χ0) is 29.3. The summed E-state index contributed by atoms with van der Waals surface area (Å²) >= 11 is 0. The van der Waals surface area contributed by atoms with Crippen LogP contribution in [0.25, 0.3) is 11.1 Å². The summed E-state index contributed by atoms with van der Waals surface area (Å²) in [6.45, 7) is 24.9. The second-order valence-corrected chi connectivity index (χ2v) is 12.2. The van der Waals surface area contributed by atoms with Crippen LogP contribution in [0.2, 0.25) is 0 Å². The van der Waals surface area contributed by atoms with Crippen molar-refractivity contribution >= 4 is 11.1 Å². The van der Waals surface area contributed by atoms with E-state index in [1.54, 1.807) is 0 Å². The molecule has 2 unspecified atom stereocenters. The lowest BCUT2D eigenvalue weighted by Crippen LogP contribution is -2.22. The number of fused-ring (bicyclic) bond motifs is 1. The standard InChI is InChI=1S/C41H46/c1-9-14-27(6)39-28(7)21-35-25-34(23-31-18-20-33(22-31)37-16-13-12-15-36(37)26(4)5)29(8)40(35)41(39)38-24-30(10-2)17-19-32(38)11-3/h12-13,15-21,23-24,40-41H,4,6,8-11,14,22,25H2,1-3,5,7H3. The van der Waals surface area contributed by atoms with Gasteiger partial charge in [0, 0.05) is 11.8 Å². The average Bonchev–Trinajstić information content (AvgIpc) is 3.56. The maximum absolute atomic E-state index is 4.80. The minimum absolute atomic E-state index is 0.280. The average molecular weight is 539 g/mol. The first kappa shape index (κ1) is 28.9. The molecule has 3 aliphatic rings. The smallest absolute Gasteiger partial charge is 0.0203 e. The van der Waals surface area contributed by atoms with Gasteiger partial charge >= 0.3 is 0 Å². The van der Waals surface area contributed by atoms with Crippen molar-refractivity contribution in [2.75, 3.05) is 0 Å². The van der Waals surface area contributed by atoms with Gasteiger partial charge in [0.15, 0.2) is 0 Å². The van der Waals surface area contributed by atoms with Gasteiger partial charge < -0.3 is 0 Å². The summed E-state index contributed by atoms with van der Waals surface area (Å²) in [6, 6.07) is 15.8. The first-order valence-electron chi connectivity index (χ1n) is 15.5. The van der Waals surface area contributed by atoms with Crippen LogP contribution in [0.1, 0.15) is 94.0 Å². The number of benzene rings is 2. The molecule has 0 aromatic heterocycles. The van der Waals surface area contributed by atoms with Gasteiger partial charge in [-0.25, -0.2) is 0 Å². The maximum Gasteiger partial charge on any atom is 0.0203 e. The van der Waals surface area contributed by atoms with E-state index < -0.39 is 0 Å². The van der Waals surface area contributed by atoms with Crippen molar-refractivity contribution < 1.29 is 0 Å². The highest BCUT2D eigenvalue weighted by molar-refractivity contribution is 5.82. The van der Waals surface area contributed by atoms with Crippen LogP contribution < -0.4 is 0 Å². The number of aryl methyl sites for hydroxylation is 2. The molecule has 41 heavy (non-hydrogen) atoms. The van der Waals surface area contributed by atoms with Crippen molar-refractivity contribution in [3.8, 4) is 0 Å². The molecule has 0 N–H and O–H groups in total. The van der Waals surface area contributed by atoms with Crippen LogP contribution in [-0.4, -0.2) is 0 Å². The molecule has 1 saturated carbocycles. The maximum atomic E-state index is 4.80. The second kappa shape index (κ2) is 12.1. The molecule has 0 radical (unpaired) electrons. The van der Waals surface area contributed by atoms with E-state index in [9.17, 15) is 0 Å². The molecule has 2 atom stereocenters. The molecule has 0 saturated heterocycles. The normalized spacial score (nSPS) is 21.1. The zero-order valence-corrected chi connectivity index (χ0v) is 25.9. The van der Waals surface area contributed by atoms with Gasteiger partial charge in [0.05, 0.1) is 0 Å². The molecule has 2 aromatic rings. The Labute approximate surface area is 249 Å². The van der Waals surface area contributed by atoms with Crippen molar-refractivity contribution in [1.82, 2.24) is 0 Å². The van der Waals surface area contributed by atoms with E-state index in [0.717, 1.165) is 44.1 Å². The first-order chi connectivity index (χ1) is 19.8. The molecule has 0 heteroatoms. The highest BCUT2D eigenvalue weighted by atomic mass is 14.4. The van der Waals surface area contributed by atoms with Gasteiger partial charge in [-0.15, -0.1) is 0 Å². The van der Waals surface area contributed by atoms with Crippen LogP contribution in [0.4, 0.5) is 0 Å². The minimum Gasteiger partial charge on any atom is -0.0955 e.